The van der Waals surface area contributed by atoms with Gasteiger partial charge in [0.15, 0.2) is 17.8 Å². The summed E-state index contributed by atoms with van der Waals surface area (Å²) < 4.78 is 42.0. The average molecular weight is 465 g/mol. The van der Waals surface area contributed by atoms with Crippen LogP contribution in [0.25, 0.3) is 17.1 Å². The number of alkyl halides is 3. The molecule has 0 radical (unpaired) electrons. The summed E-state index contributed by atoms with van der Waals surface area (Å²) in [6.07, 6.45) is -6.17. The molecule has 0 aliphatic rings. The van der Waals surface area contributed by atoms with Gasteiger partial charge >= 0.3 is 11.9 Å². The van der Waals surface area contributed by atoms with Gasteiger partial charge in [-0.15, -0.1) is 10.2 Å². The molecule has 0 aliphatic carbocycles. The molecule has 0 fully saturated rings. The number of halogens is 4. The van der Waals surface area contributed by atoms with E-state index in [1.165, 1.54) is 35.3 Å². The quantitative estimate of drug-likeness (QED) is 0.474. The first-order chi connectivity index (χ1) is 15.2. The maximum atomic E-state index is 12.9. The molecule has 0 saturated carbocycles. The molecule has 32 heavy (non-hydrogen) atoms. The van der Waals surface area contributed by atoms with Gasteiger partial charge in [0, 0.05) is 10.6 Å². The van der Waals surface area contributed by atoms with Crippen molar-refractivity contribution in [2.45, 2.75) is 25.4 Å². The number of benzene rings is 2. The van der Waals surface area contributed by atoms with Gasteiger partial charge in [0.25, 0.3) is 0 Å². The van der Waals surface area contributed by atoms with Crippen molar-refractivity contribution < 1.29 is 18.3 Å². The Morgan fingerprint density at radius 3 is 2.38 bits per heavy atom. The van der Waals surface area contributed by atoms with Crippen LogP contribution in [0, 0.1) is 0 Å². The van der Waals surface area contributed by atoms with E-state index < -0.39 is 24.5 Å². The molecule has 2 heterocycles. The maximum Gasteiger partial charge on any atom is 0.416 e. The van der Waals surface area contributed by atoms with Crippen LogP contribution in [0.1, 0.15) is 5.82 Å². The fourth-order valence-electron chi connectivity index (χ4n) is 3.01. The Morgan fingerprint density at radius 2 is 1.72 bits per heavy atom. The predicted octanol–water partition coefficient (Wildman–Crippen LogP) is 2.92. The smallest absolute Gasteiger partial charge is 0.382 e. The minimum atomic E-state index is -4.89. The van der Waals surface area contributed by atoms with Gasteiger partial charge < -0.3 is 5.11 Å². The van der Waals surface area contributed by atoms with Crippen molar-refractivity contribution in [2.75, 3.05) is 0 Å². The summed E-state index contributed by atoms with van der Waals surface area (Å²) in [5.41, 5.74) is 0.274. The number of rotatable bonds is 6. The number of para-hydroxylation sites is 1. The van der Waals surface area contributed by atoms with Crippen LogP contribution >= 0.6 is 11.6 Å². The van der Waals surface area contributed by atoms with E-state index in [4.69, 9.17) is 11.6 Å². The highest BCUT2D eigenvalue weighted by Gasteiger charge is 2.39. The Balaban J connectivity index is 1.70. The molecule has 4 rings (SSSR count). The molecule has 2 aromatic heterocycles. The molecule has 4 aromatic rings. The standard InChI is InChI=1S/C20H16ClF3N6O2/c21-14-8-6-13(7-9-14)18-27-29(19(32)28(18)10-16(31)20(22,23)24)11-17-25-12-30(26-17)15-4-2-1-3-5-15/h1-9,12,16,31H,10-11H2/t16-/m0/s1. The van der Waals surface area contributed by atoms with Crippen LogP contribution in [-0.4, -0.2) is 46.5 Å². The predicted molar refractivity (Wildman–Crippen MR) is 109 cm³/mol. The van der Waals surface area contributed by atoms with Gasteiger partial charge in [-0.05, 0) is 36.4 Å². The monoisotopic (exact) mass is 464 g/mol. The topological polar surface area (TPSA) is 90.8 Å². The number of hydrogen-bond donors (Lipinski definition) is 1. The molecule has 166 valence electrons. The Morgan fingerprint density at radius 1 is 1.03 bits per heavy atom. The summed E-state index contributed by atoms with van der Waals surface area (Å²) in [6, 6.07) is 15.2. The first-order valence-electron chi connectivity index (χ1n) is 9.36. The van der Waals surface area contributed by atoms with Crippen LogP contribution < -0.4 is 5.69 Å². The number of nitrogens with zero attached hydrogens (tertiary/aromatic N) is 6. The van der Waals surface area contributed by atoms with Crippen molar-refractivity contribution in [2.24, 2.45) is 0 Å². The zero-order valence-electron chi connectivity index (χ0n) is 16.3. The highest BCUT2D eigenvalue weighted by atomic mass is 35.5. The van der Waals surface area contributed by atoms with Crippen LogP contribution in [-0.2, 0) is 13.1 Å². The summed E-state index contributed by atoms with van der Waals surface area (Å²) in [4.78, 5) is 17.0. The third-order valence-corrected chi connectivity index (χ3v) is 4.86. The second kappa shape index (κ2) is 8.60. The zero-order chi connectivity index (χ0) is 22.9. The number of hydrogen-bond acceptors (Lipinski definition) is 5. The van der Waals surface area contributed by atoms with E-state index in [0.29, 0.717) is 10.6 Å². The molecule has 1 atom stereocenters. The van der Waals surface area contributed by atoms with Crippen molar-refractivity contribution in [1.82, 2.24) is 29.1 Å². The van der Waals surface area contributed by atoms with Crippen molar-refractivity contribution in [3.05, 3.63) is 82.3 Å². The Kier molecular flexibility index (Phi) is 5.85. The minimum Gasteiger partial charge on any atom is -0.382 e. The molecule has 0 unspecified atom stereocenters. The van der Waals surface area contributed by atoms with Gasteiger partial charge in [0.1, 0.15) is 12.9 Å². The SMILES string of the molecule is O=c1n(Cc2ncn(-c3ccccc3)n2)nc(-c2ccc(Cl)cc2)n1C[C@H](O)C(F)(F)F. The van der Waals surface area contributed by atoms with Gasteiger partial charge in [-0.25, -0.2) is 19.1 Å². The Labute approximate surface area is 184 Å². The average Bonchev–Trinajstić information content (AvgIpc) is 3.35. The first kappa shape index (κ1) is 21.8. The van der Waals surface area contributed by atoms with Crippen LogP contribution in [0.4, 0.5) is 13.2 Å². The van der Waals surface area contributed by atoms with Crippen molar-refractivity contribution in [1.29, 1.82) is 0 Å². The number of aliphatic hydroxyl groups excluding tert-OH is 1. The summed E-state index contributed by atoms with van der Waals surface area (Å²) in [7, 11) is 0. The van der Waals surface area contributed by atoms with Gasteiger partial charge in [-0.1, -0.05) is 29.8 Å². The second-order valence-electron chi connectivity index (χ2n) is 6.88. The van der Waals surface area contributed by atoms with Crippen LogP contribution in [0.15, 0.2) is 65.7 Å². The zero-order valence-corrected chi connectivity index (χ0v) is 17.1. The van der Waals surface area contributed by atoms with Crippen molar-refractivity contribution in [3.63, 3.8) is 0 Å². The molecule has 0 aliphatic heterocycles. The fourth-order valence-corrected chi connectivity index (χ4v) is 3.13. The Bertz CT molecular complexity index is 1270. The molecule has 0 spiro atoms. The number of aliphatic hydroxyl groups is 1. The van der Waals surface area contributed by atoms with E-state index >= 15 is 0 Å². The van der Waals surface area contributed by atoms with Crippen LogP contribution in [0.5, 0.6) is 0 Å². The lowest BCUT2D eigenvalue weighted by atomic mass is 10.2. The third-order valence-electron chi connectivity index (χ3n) is 4.61. The molecule has 0 saturated heterocycles. The largest absolute Gasteiger partial charge is 0.416 e. The lowest BCUT2D eigenvalue weighted by molar-refractivity contribution is -0.207. The lowest BCUT2D eigenvalue weighted by Crippen LogP contribution is -2.37. The van der Waals surface area contributed by atoms with Gasteiger partial charge in [-0.2, -0.15) is 13.2 Å². The molecule has 2 aromatic carbocycles. The van der Waals surface area contributed by atoms with E-state index in [9.17, 15) is 23.1 Å². The summed E-state index contributed by atoms with van der Waals surface area (Å²) in [5.74, 6) is 0.192. The van der Waals surface area contributed by atoms with Gasteiger partial charge in [-0.3, -0.25) is 4.57 Å². The molecule has 0 amide bonds. The fraction of sp³-hybridized carbons (Fsp3) is 0.200. The van der Waals surface area contributed by atoms with Crippen LogP contribution in [0.2, 0.25) is 5.02 Å². The molecular formula is C20H16ClF3N6O2. The molecule has 0 bridgehead atoms. The second-order valence-corrected chi connectivity index (χ2v) is 7.32. The summed E-state index contributed by atoms with van der Waals surface area (Å²) in [6.45, 7) is -1.18. The van der Waals surface area contributed by atoms with E-state index in [1.807, 2.05) is 30.3 Å². The highest BCUT2D eigenvalue weighted by molar-refractivity contribution is 6.30. The minimum absolute atomic E-state index is 0.0440. The van der Waals surface area contributed by atoms with Crippen molar-refractivity contribution >= 4 is 11.6 Å². The molecule has 1 N–H and O–H groups in total. The van der Waals surface area contributed by atoms with Crippen LogP contribution in [0.3, 0.4) is 0 Å². The van der Waals surface area contributed by atoms with E-state index in [1.54, 1.807) is 0 Å². The molecular weight excluding hydrogens is 449 g/mol. The van der Waals surface area contributed by atoms with E-state index in [0.717, 1.165) is 14.9 Å². The first-order valence-corrected chi connectivity index (χ1v) is 9.74. The molecule has 8 nitrogen and oxygen atoms in total. The number of aromatic nitrogens is 6. The highest BCUT2D eigenvalue weighted by Crippen LogP contribution is 2.24. The maximum absolute atomic E-state index is 12.9. The molecule has 12 heteroatoms. The third kappa shape index (κ3) is 4.58. The summed E-state index contributed by atoms with van der Waals surface area (Å²) >= 11 is 5.88. The van der Waals surface area contributed by atoms with E-state index in [2.05, 4.69) is 15.2 Å². The summed E-state index contributed by atoms with van der Waals surface area (Å²) in [5, 5.41) is 18.4. The van der Waals surface area contributed by atoms with Crippen molar-refractivity contribution in [3.8, 4) is 17.1 Å². The van der Waals surface area contributed by atoms with Gasteiger partial charge in [0.05, 0.1) is 12.2 Å². The lowest BCUT2D eigenvalue weighted by Gasteiger charge is -2.15. The normalized spacial score (nSPS) is 12.8. The van der Waals surface area contributed by atoms with Gasteiger partial charge in [0.2, 0.25) is 0 Å². The Hall–Kier alpha value is -3.44. The van der Waals surface area contributed by atoms with E-state index in [-0.39, 0.29) is 18.2 Å².